The van der Waals surface area contributed by atoms with Gasteiger partial charge < -0.3 is 0 Å². The Morgan fingerprint density at radius 3 is 2.83 bits per heavy atom. The average Bonchev–Trinajstić information content (AvgIpc) is 2.40. The van der Waals surface area contributed by atoms with Gasteiger partial charge in [-0.2, -0.15) is 0 Å². The topological polar surface area (TPSA) is 50.9 Å². The summed E-state index contributed by atoms with van der Waals surface area (Å²) in [5, 5.41) is 1.19. The highest BCUT2D eigenvalue weighted by Gasteiger charge is 2.19. The SMILES string of the molecule is CCCC(C)C(NN)c1cccc2ncccc12. The number of nitrogens with one attached hydrogen (secondary N) is 1. The van der Waals surface area contributed by atoms with Crippen LogP contribution in [0.3, 0.4) is 0 Å². The molecule has 0 aliphatic heterocycles. The van der Waals surface area contributed by atoms with E-state index >= 15 is 0 Å². The highest BCUT2D eigenvalue weighted by molar-refractivity contribution is 5.82. The molecule has 1 aromatic carbocycles. The van der Waals surface area contributed by atoms with E-state index in [-0.39, 0.29) is 6.04 Å². The molecule has 0 aliphatic rings. The van der Waals surface area contributed by atoms with E-state index in [0.29, 0.717) is 5.92 Å². The van der Waals surface area contributed by atoms with E-state index in [0.717, 1.165) is 11.9 Å². The normalized spacial score (nSPS) is 14.6. The molecule has 0 saturated carbocycles. The first kappa shape index (κ1) is 13.0. The first-order chi connectivity index (χ1) is 8.77. The summed E-state index contributed by atoms with van der Waals surface area (Å²) in [5.74, 6) is 6.26. The number of rotatable bonds is 5. The third kappa shape index (κ3) is 2.52. The molecule has 1 aromatic heterocycles. The Hall–Kier alpha value is -1.45. The number of fused-ring (bicyclic) bond motifs is 1. The second-order valence-electron chi connectivity index (χ2n) is 4.83. The van der Waals surface area contributed by atoms with Gasteiger partial charge in [0.1, 0.15) is 0 Å². The summed E-state index contributed by atoms with van der Waals surface area (Å²) >= 11 is 0. The second kappa shape index (κ2) is 5.94. The van der Waals surface area contributed by atoms with Crippen LogP contribution in [0.2, 0.25) is 0 Å². The van der Waals surface area contributed by atoms with Crippen LogP contribution in [-0.4, -0.2) is 4.98 Å². The number of hydrogen-bond acceptors (Lipinski definition) is 3. The molecule has 3 heteroatoms. The van der Waals surface area contributed by atoms with E-state index in [1.54, 1.807) is 0 Å². The Bertz CT molecular complexity index is 505. The van der Waals surface area contributed by atoms with E-state index in [9.17, 15) is 0 Å². The predicted molar refractivity (Wildman–Crippen MR) is 75.9 cm³/mol. The Morgan fingerprint density at radius 1 is 1.28 bits per heavy atom. The molecule has 2 unspecified atom stereocenters. The highest BCUT2D eigenvalue weighted by atomic mass is 15.2. The van der Waals surface area contributed by atoms with Crippen LogP contribution in [0.4, 0.5) is 0 Å². The van der Waals surface area contributed by atoms with E-state index in [1.165, 1.54) is 17.4 Å². The summed E-state index contributed by atoms with van der Waals surface area (Å²) in [5.41, 5.74) is 5.23. The Kier molecular flexibility index (Phi) is 4.28. The van der Waals surface area contributed by atoms with Crippen molar-refractivity contribution in [1.29, 1.82) is 0 Å². The van der Waals surface area contributed by atoms with Crippen molar-refractivity contribution in [3.05, 3.63) is 42.1 Å². The zero-order valence-corrected chi connectivity index (χ0v) is 11.1. The second-order valence-corrected chi connectivity index (χ2v) is 4.83. The molecule has 0 spiro atoms. The average molecular weight is 243 g/mol. The van der Waals surface area contributed by atoms with Crippen molar-refractivity contribution in [1.82, 2.24) is 10.4 Å². The minimum Gasteiger partial charge on any atom is -0.271 e. The van der Waals surface area contributed by atoms with E-state index in [2.05, 4.69) is 36.4 Å². The smallest absolute Gasteiger partial charge is 0.0705 e. The number of nitrogens with two attached hydrogens (primary N) is 1. The fourth-order valence-corrected chi connectivity index (χ4v) is 2.58. The van der Waals surface area contributed by atoms with Gasteiger partial charge in [-0.05, 0) is 30.0 Å². The third-order valence-corrected chi connectivity index (χ3v) is 3.51. The first-order valence-electron chi connectivity index (χ1n) is 6.57. The zero-order chi connectivity index (χ0) is 13.0. The quantitative estimate of drug-likeness (QED) is 0.626. The van der Waals surface area contributed by atoms with Crippen LogP contribution in [0.25, 0.3) is 10.9 Å². The largest absolute Gasteiger partial charge is 0.271 e. The van der Waals surface area contributed by atoms with Gasteiger partial charge in [0.05, 0.1) is 5.52 Å². The molecule has 0 fully saturated rings. The minimum absolute atomic E-state index is 0.179. The summed E-state index contributed by atoms with van der Waals surface area (Å²) < 4.78 is 0. The summed E-state index contributed by atoms with van der Waals surface area (Å²) in [6.45, 7) is 4.44. The van der Waals surface area contributed by atoms with Gasteiger partial charge in [0.2, 0.25) is 0 Å². The van der Waals surface area contributed by atoms with Crippen molar-refractivity contribution < 1.29 is 0 Å². The summed E-state index contributed by atoms with van der Waals surface area (Å²) in [7, 11) is 0. The predicted octanol–water partition coefficient (Wildman–Crippen LogP) is 3.18. The van der Waals surface area contributed by atoms with Gasteiger partial charge >= 0.3 is 0 Å². The molecule has 3 nitrogen and oxygen atoms in total. The molecule has 0 aliphatic carbocycles. The lowest BCUT2D eigenvalue weighted by molar-refractivity contribution is 0.370. The van der Waals surface area contributed by atoms with Crippen LogP contribution in [0.1, 0.15) is 38.3 Å². The molecule has 0 radical (unpaired) electrons. The minimum atomic E-state index is 0.179. The fraction of sp³-hybridized carbons (Fsp3) is 0.400. The molecule has 96 valence electrons. The molecule has 3 N–H and O–H groups in total. The third-order valence-electron chi connectivity index (χ3n) is 3.51. The van der Waals surface area contributed by atoms with E-state index in [1.807, 2.05) is 24.4 Å². The molecular formula is C15H21N3. The standard InChI is InChI=1S/C15H21N3/c1-3-6-11(2)15(18-16)13-7-4-9-14-12(13)8-5-10-17-14/h4-5,7-11,15,18H,3,6,16H2,1-2H3. The van der Waals surface area contributed by atoms with Gasteiger partial charge in [-0.15, -0.1) is 0 Å². The van der Waals surface area contributed by atoms with Crippen molar-refractivity contribution in [2.45, 2.75) is 32.7 Å². The lowest BCUT2D eigenvalue weighted by Crippen LogP contribution is -2.32. The molecule has 0 bridgehead atoms. The summed E-state index contributed by atoms with van der Waals surface area (Å²) in [6.07, 6.45) is 4.15. The number of benzene rings is 1. The lowest BCUT2D eigenvalue weighted by atomic mass is 9.89. The zero-order valence-electron chi connectivity index (χ0n) is 11.1. The molecule has 2 rings (SSSR count). The fourth-order valence-electron chi connectivity index (χ4n) is 2.58. The monoisotopic (exact) mass is 243 g/mol. The summed E-state index contributed by atoms with van der Waals surface area (Å²) in [4.78, 5) is 4.40. The first-order valence-corrected chi connectivity index (χ1v) is 6.57. The van der Waals surface area contributed by atoms with Gasteiger partial charge in [0, 0.05) is 17.6 Å². The molecule has 18 heavy (non-hydrogen) atoms. The van der Waals surface area contributed by atoms with Gasteiger partial charge in [0.25, 0.3) is 0 Å². The van der Waals surface area contributed by atoms with Crippen molar-refractivity contribution in [3.63, 3.8) is 0 Å². The van der Waals surface area contributed by atoms with E-state index < -0.39 is 0 Å². The Morgan fingerprint density at radius 2 is 2.11 bits per heavy atom. The van der Waals surface area contributed by atoms with Crippen LogP contribution in [0.15, 0.2) is 36.5 Å². The van der Waals surface area contributed by atoms with Crippen LogP contribution in [0.5, 0.6) is 0 Å². The van der Waals surface area contributed by atoms with Gasteiger partial charge in [-0.25, -0.2) is 0 Å². The maximum Gasteiger partial charge on any atom is 0.0705 e. The maximum absolute atomic E-state index is 5.76. The van der Waals surface area contributed by atoms with Crippen LogP contribution < -0.4 is 11.3 Å². The molecule has 1 heterocycles. The summed E-state index contributed by atoms with van der Waals surface area (Å²) in [6, 6.07) is 10.5. The number of hydrazine groups is 1. The maximum atomic E-state index is 5.76. The molecule has 2 atom stereocenters. The highest BCUT2D eigenvalue weighted by Crippen LogP contribution is 2.29. The number of pyridine rings is 1. The van der Waals surface area contributed by atoms with Crippen molar-refractivity contribution >= 4 is 10.9 Å². The van der Waals surface area contributed by atoms with Gasteiger partial charge in [-0.3, -0.25) is 16.3 Å². The Balaban J connectivity index is 2.44. The van der Waals surface area contributed by atoms with Crippen molar-refractivity contribution in [2.24, 2.45) is 11.8 Å². The lowest BCUT2D eigenvalue weighted by Gasteiger charge is -2.24. The van der Waals surface area contributed by atoms with Crippen LogP contribution >= 0.6 is 0 Å². The number of aromatic nitrogens is 1. The molecular weight excluding hydrogens is 222 g/mol. The van der Waals surface area contributed by atoms with Crippen LogP contribution in [-0.2, 0) is 0 Å². The van der Waals surface area contributed by atoms with Gasteiger partial charge in [-0.1, -0.05) is 38.5 Å². The van der Waals surface area contributed by atoms with Crippen molar-refractivity contribution in [2.75, 3.05) is 0 Å². The van der Waals surface area contributed by atoms with Crippen LogP contribution in [0, 0.1) is 5.92 Å². The van der Waals surface area contributed by atoms with E-state index in [4.69, 9.17) is 5.84 Å². The molecule has 0 amide bonds. The Labute approximate surface area is 108 Å². The number of hydrogen-bond donors (Lipinski definition) is 2. The molecule has 2 aromatic rings. The van der Waals surface area contributed by atoms with Crippen molar-refractivity contribution in [3.8, 4) is 0 Å². The van der Waals surface area contributed by atoms with Gasteiger partial charge in [0.15, 0.2) is 0 Å². The number of nitrogens with zero attached hydrogens (tertiary/aromatic N) is 1. The molecule has 0 saturated heterocycles.